The number of aromatic nitrogens is 4. The van der Waals surface area contributed by atoms with Gasteiger partial charge in [0.1, 0.15) is 6.54 Å². The van der Waals surface area contributed by atoms with Crippen LogP contribution in [0.5, 0.6) is 0 Å². The molecule has 2 aromatic heterocycles. The van der Waals surface area contributed by atoms with Crippen LogP contribution in [-0.4, -0.2) is 44.1 Å². The van der Waals surface area contributed by atoms with Gasteiger partial charge in [0, 0.05) is 13.1 Å². The van der Waals surface area contributed by atoms with Gasteiger partial charge in [-0.15, -0.1) is 10.2 Å². The first-order valence-electron chi connectivity index (χ1n) is 7.21. The Kier molecular flexibility index (Phi) is 3.72. The zero-order valence-electron chi connectivity index (χ0n) is 12.3. The molecule has 1 aliphatic heterocycles. The lowest BCUT2D eigenvalue weighted by molar-refractivity contribution is -0.135. The molecular weight excluding hydrogens is 270 g/mol. The first kappa shape index (κ1) is 13.8. The minimum Gasteiger partial charge on any atom is -0.461 e. The molecule has 112 valence electrons. The number of rotatable bonds is 3. The van der Waals surface area contributed by atoms with Gasteiger partial charge in [0.2, 0.25) is 11.7 Å². The summed E-state index contributed by atoms with van der Waals surface area (Å²) in [5.74, 6) is 2.07. The molecule has 3 rings (SSSR count). The highest BCUT2D eigenvalue weighted by Crippen LogP contribution is 2.21. The van der Waals surface area contributed by atoms with E-state index in [9.17, 15) is 4.79 Å². The van der Waals surface area contributed by atoms with E-state index in [2.05, 4.69) is 29.3 Å². The Morgan fingerprint density at radius 1 is 1.38 bits per heavy atom. The van der Waals surface area contributed by atoms with Gasteiger partial charge in [-0.2, -0.15) is 4.80 Å². The van der Waals surface area contributed by atoms with Crippen LogP contribution in [-0.2, 0) is 11.3 Å². The molecule has 2 atom stereocenters. The Bertz CT molecular complexity index is 597. The molecule has 1 aliphatic rings. The molecule has 0 saturated carbocycles. The van der Waals surface area contributed by atoms with E-state index < -0.39 is 0 Å². The Morgan fingerprint density at radius 3 is 2.81 bits per heavy atom. The maximum Gasteiger partial charge on any atom is 0.246 e. The van der Waals surface area contributed by atoms with Gasteiger partial charge in [0.15, 0.2) is 5.76 Å². The Labute approximate surface area is 122 Å². The van der Waals surface area contributed by atoms with Gasteiger partial charge in [0.05, 0.1) is 6.26 Å². The summed E-state index contributed by atoms with van der Waals surface area (Å²) >= 11 is 0. The number of carbonyl (C=O) groups excluding carboxylic acids is 1. The number of furan rings is 1. The van der Waals surface area contributed by atoms with Crippen molar-refractivity contribution < 1.29 is 9.21 Å². The molecule has 2 aromatic rings. The second kappa shape index (κ2) is 5.67. The van der Waals surface area contributed by atoms with Crippen molar-refractivity contribution in [3.8, 4) is 11.6 Å². The van der Waals surface area contributed by atoms with Crippen LogP contribution in [0.25, 0.3) is 11.6 Å². The summed E-state index contributed by atoms with van der Waals surface area (Å²) in [6.07, 6.45) is 2.73. The maximum absolute atomic E-state index is 12.3. The molecule has 0 aromatic carbocycles. The van der Waals surface area contributed by atoms with Crippen LogP contribution in [0.3, 0.4) is 0 Å². The number of nitrogens with zero attached hydrogens (tertiary/aromatic N) is 5. The van der Waals surface area contributed by atoms with Crippen LogP contribution in [0, 0.1) is 11.8 Å². The topological polar surface area (TPSA) is 77.0 Å². The molecule has 0 spiro atoms. The van der Waals surface area contributed by atoms with Gasteiger partial charge in [-0.3, -0.25) is 4.79 Å². The normalized spacial score (nSPS) is 22.5. The van der Waals surface area contributed by atoms with Gasteiger partial charge >= 0.3 is 0 Å². The number of amides is 1. The number of likely N-dealkylation sites (tertiary alicyclic amines) is 1. The standard InChI is InChI=1S/C14H19N5O2/c1-10-6-11(2)8-18(7-10)13(20)9-19-16-14(15-17-19)12-4-3-5-21-12/h3-5,10-11H,6-9H2,1-2H3. The molecule has 7 nitrogen and oxygen atoms in total. The van der Waals surface area contributed by atoms with Gasteiger partial charge in [-0.05, 0) is 35.6 Å². The number of piperidine rings is 1. The minimum atomic E-state index is 0.0387. The predicted molar refractivity (Wildman–Crippen MR) is 75.0 cm³/mol. The first-order valence-corrected chi connectivity index (χ1v) is 7.21. The molecule has 0 radical (unpaired) electrons. The van der Waals surface area contributed by atoms with Crippen molar-refractivity contribution in [1.82, 2.24) is 25.1 Å². The summed E-state index contributed by atoms with van der Waals surface area (Å²) in [6.45, 7) is 6.09. The smallest absolute Gasteiger partial charge is 0.246 e. The van der Waals surface area contributed by atoms with Crippen LogP contribution >= 0.6 is 0 Å². The average molecular weight is 289 g/mol. The molecule has 1 saturated heterocycles. The molecular formula is C14H19N5O2. The van der Waals surface area contributed by atoms with E-state index in [0.717, 1.165) is 13.1 Å². The van der Waals surface area contributed by atoms with E-state index in [1.165, 1.54) is 11.2 Å². The first-order chi connectivity index (χ1) is 10.1. The molecule has 2 unspecified atom stereocenters. The van der Waals surface area contributed by atoms with E-state index in [0.29, 0.717) is 23.4 Å². The largest absolute Gasteiger partial charge is 0.461 e. The SMILES string of the molecule is CC1CC(C)CN(C(=O)Cn2nnc(-c3ccco3)n2)C1. The average Bonchev–Trinajstić information content (AvgIpc) is 3.07. The second-order valence-electron chi connectivity index (χ2n) is 5.87. The fourth-order valence-corrected chi connectivity index (χ4v) is 2.90. The third-order valence-electron chi connectivity index (χ3n) is 3.69. The number of tetrazole rings is 1. The van der Waals surface area contributed by atoms with Gasteiger partial charge in [-0.25, -0.2) is 0 Å². The van der Waals surface area contributed by atoms with Crippen LogP contribution in [0.2, 0.25) is 0 Å². The maximum atomic E-state index is 12.3. The lowest BCUT2D eigenvalue weighted by Crippen LogP contribution is -2.44. The lowest BCUT2D eigenvalue weighted by atomic mass is 9.92. The van der Waals surface area contributed by atoms with Crippen LogP contribution in [0.15, 0.2) is 22.8 Å². The molecule has 0 bridgehead atoms. The molecule has 1 amide bonds. The summed E-state index contributed by atoms with van der Waals surface area (Å²) in [4.78, 5) is 15.5. The van der Waals surface area contributed by atoms with Crippen molar-refractivity contribution in [2.75, 3.05) is 13.1 Å². The van der Waals surface area contributed by atoms with E-state index in [1.54, 1.807) is 18.4 Å². The van der Waals surface area contributed by atoms with Crippen LogP contribution in [0.4, 0.5) is 0 Å². The van der Waals surface area contributed by atoms with Gasteiger partial charge in [-0.1, -0.05) is 13.8 Å². The van der Waals surface area contributed by atoms with Crippen molar-refractivity contribution >= 4 is 5.91 Å². The Balaban J connectivity index is 1.65. The number of hydrogen-bond donors (Lipinski definition) is 0. The highest BCUT2D eigenvalue weighted by molar-refractivity contribution is 5.75. The summed E-state index contributed by atoms with van der Waals surface area (Å²) in [5, 5.41) is 12.0. The van der Waals surface area contributed by atoms with Crippen LogP contribution < -0.4 is 0 Å². The fourth-order valence-electron chi connectivity index (χ4n) is 2.90. The van der Waals surface area contributed by atoms with E-state index >= 15 is 0 Å². The highest BCUT2D eigenvalue weighted by atomic mass is 16.3. The van der Waals surface area contributed by atoms with Crippen LogP contribution in [0.1, 0.15) is 20.3 Å². The van der Waals surface area contributed by atoms with E-state index in [1.807, 2.05) is 4.90 Å². The third kappa shape index (κ3) is 3.12. The Hall–Kier alpha value is -2.18. The van der Waals surface area contributed by atoms with E-state index in [4.69, 9.17) is 4.42 Å². The van der Waals surface area contributed by atoms with Crippen molar-refractivity contribution in [2.45, 2.75) is 26.8 Å². The summed E-state index contributed by atoms with van der Waals surface area (Å²) < 4.78 is 5.21. The zero-order valence-corrected chi connectivity index (χ0v) is 12.3. The highest BCUT2D eigenvalue weighted by Gasteiger charge is 2.26. The number of hydrogen-bond acceptors (Lipinski definition) is 5. The molecule has 0 N–H and O–H groups in total. The summed E-state index contributed by atoms with van der Waals surface area (Å²) in [6, 6.07) is 3.52. The zero-order chi connectivity index (χ0) is 14.8. The molecule has 21 heavy (non-hydrogen) atoms. The lowest BCUT2D eigenvalue weighted by Gasteiger charge is -2.34. The van der Waals surface area contributed by atoms with Gasteiger partial charge < -0.3 is 9.32 Å². The molecule has 7 heteroatoms. The predicted octanol–water partition coefficient (Wildman–Crippen LogP) is 1.44. The second-order valence-corrected chi connectivity index (χ2v) is 5.87. The Morgan fingerprint density at radius 2 is 2.14 bits per heavy atom. The van der Waals surface area contributed by atoms with Gasteiger partial charge in [0.25, 0.3) is 0 Å². The van der Waals surface area contributed by atoms with Crippen molar-refractivity contribution in [3.05, 3.63) is 18.4 Å². The number of carbonyl (C=O) groups is 1. The summed E-state index contributed by atoms with van der Waals surface area (Å²) in [5.41, 5.74) is 0. The summed E-state index contributed by atoms with van der Waals surface area (Å²) in [7, 11) is 0. The molecule has 3 heterocycles. The molecule has 1 fully saturated rings. The van der Waals surface area contributed by atoms with Crippen molar-refractivity contribution in [1.29, 1.82) is 0 Å². The van der Waals surface area contributed by atoms with Crippen molar-refractivity contribution in [3.63, 3.8) is 0 Å². The minimum absolute atomic E-state index is 0.0387. The van der Waals surface area contributed by atoms with Crippen molar-refractivity contribution in [2.24, 2.45) is 11.8 Å². The quantitative estimate of drug-likeness (QED) is 0.854. The molecule has 0 aliphatic carbocycles. The monoisotopic (exact) mass is 289 g/mol. The van der Waals surface area contributed by atoms with E-state index in [-0.39, 0.29) is 12.5 Å². The fraction of sp³-hybridized carbons (Fsp3) is 0.571. The third-order valence-corrected chi connectivity index (χ3v) is 3.69.